The number of carbonyl (C=O) groups excluding carboxylic acids is 1. The van der Waals surface area contributed by atoms with E-state index in [1.165, 1.54) is 0 Å². The SMILES string of the molecule is CCOC(=O)c1nn(C2CCCN(OC(C)(C)C)C2)c2c1CSc1c(OC)cccc1-2. The van der Waals surface area contributed by atoms with E-state index in [1.807, 2.05) is 28.8 Å². The zero-order valence-corrected chi connectivity index (χ0v) is 19.8. The van der Waals surface area contributed by atoms with Crippen molar-refractivity contribution < 1.29 is 19.1 Å². The van der Waals surface area contributed by atoms with Crippen molar-refractivity contribution in [3.8, 4) is 17.0 Å². The van der Waals surface area contributed by atoms with Crippen LogP contribution in [-0.4, -0.2) is 53.2 Å². The molecule has 0 N–H and O–H groups in total. The minimum Gasteiger partial charge on any atom is -0.496 e. The van der Waals surface area contributed by atoms with E-state index in [4.69, 9.17) is 19.4 Å². The first-order chi connectivity index (χ1) is 14.8. The summed E-state index contributed by atoms with van der Waals surface area (Å²) in [5.41, 5.74) is 3.17. The molecule has 1 unspecified atom stereocenters. The van der Waals surface area contributed by atoms with Crippen LogP contribution < -0.4 is 4.74 Å². The molecule has 7 nitrogen and oxygen atoms in total. The molecule has 168 valence electrons. The molecule has 0 bridgehead atoms. The average Bonchev–Trinajstić information content (AvgIpc) is 3.13. The molecule has 2 aliphatic rings. The Morgan fingerprint density at radius 1 is 1.32 bits per heavy atom. The summed E-state index contributed by atoms with van der Waals surface area (Å²) in [7, 11) is 1.69. The maximum absolute atomic E-state index is 12.7. The number of rotatable bonds is 5. The lowest BCUT2D eigenvalue weighted by Crippen LogP contribution is -2.41. The van der Waals surface area contributed by atoms with Crippen LogP contribution in [0.25, 0.3) is 11.3 Å². The highest BCUT2D eigenvalue weighted by molar-refractivity contribution is 7.98. The molecular formula is C23H31N3O4S. The topological polar surface area (TPSA) is 65.8 Å². The number of hydrogen-bond donors (Lipinski definition) is 0. The Kier molecular flexibility index (Phi) is 6.32. The molecular weight excluding hydrogens is 414 g/mol. The largest absolute Gasteiger partial charge is 0.496 e. The fourth-order valence-corrected chi connectivity index (χ4v) is 5.44. The molecule has 1 atom stereocenters. The molecule has 2 aliphatic heterocycles. The van der Waals surface area contributed by atoms with Gasteiger partial charge >= 0.3 is 5.97 Å². The maximum atomic E-state index is 12.7. The number of aromatic nitrogens is 2. The van der Waals surface area contributed by atoms with Gasteiger partial charge < -0.3 is 9.47 Å². The van der Waals surface area contributed by atoms with Crippen LogP contribution in [0.3, 0.4) is 0 Å². The number of thioether (sulfide) groups is 1. The van der Waals surface area contributed by atoms with Crippen LogP contribution in [0.15, 0.2) is 23.1 Å². The molecule has 31 heavy (non-hydrogen) atoms. The zero-order chi connectivity index (χ0) is 22.2. The highest BCUT2D eigenvalue weighted by Crippen LogP contribution is 2.48. The third kappa shape index (κ3) is 4.47. The van der Waals surface area contributed by atoms with E-state index >= 15 is 0 Å². The molecule has 1 aromatic heterocycles. The van der Waals surface area contributed by atoms with Gasteiger partial charge in [-0.15, -0.1) is 11.8 Å². The Labute approximate surface area is 188 Å². The second-order valence-electron chi connectivity index (χ2n) is 8.85. The molecule has 8 heteroatoms. The molecule has 0 saturated carbocycles. The van der Waals surface area contributed by atoms with Crippen LogP contribution in [0, 0.1) is 0 Å². The van der Waals surface area contributed by atoms with Crippen LogP contribution >= 0.6 is 11.8 Å². The van der Waals surface area contributed by atoms with Crippen molar-refractivity contribution in [1.82, 2.24) is 14.8 Å². The van der Waals surface area contributed by atoms with E-state index in [9.17, 15) is 4.79 Å². The first kappa shape index (κ1) is 22.2. The van der Waals surface area contributed by atoms with Crippen molar-refractivity contribution in [2.45, 2.75) is 62.8 Å². The quantitative estimate of drug-likeness (QED) is 0.618. The number of methoxy groups -OCH3 is 1. The third-order valence-electron chi connectivity index (χ3n) is 5.40. The summed E-state index contributed by atoms with van der Waals surface area (Å²) in [6, 6.07) is 6.16. The van der Waals surface area contributed by atoms with Crippen molar-refractivity contribution in [1.29, 1.82) is 0 Å². The van der Waals surface area contributed by atoms with Gasteiger partial charge in [-0.1, -0.05) is 12.1 Å². The van der Waals surface area contributed by atoms with Crippen LogP contribution in [-0.2, 0) is 15.3 Å². The molecule has 0 amide bonds. The number of ether oxygens (including phenoxy) is 2. The van der Waals surface area contributed by atoms with E-state index in [0.29, 0.717) is 18.1 Å². The van der Waals surface area contributed by atoms with Crippen LogP contribution in [0.5, 0.6) is 5.75 Å². The zero-order valence-electron chi connectivity index (χ0n) is 18.9. The summed E-state index contributed by atoms with van der Waals surface area (Å²) in [5.74, 6) is 1.15. The second-order valence-corrected chi connectivity index (χ2v) is 9.84. The third-order valence-corrected chi connectivity index (χ3v) is 6.54. The van der Waals surface area contributed by atoms with Gasteiger partial charge in [-0.3, -0.25) is 9.52 Å². The number of nitrogens with zero attached hydrogens (tertiary/aromatic N) is 3. The van der Waals surface area contributed by atoms with Crippen molar-refractivity contribution in [2.75, 3.05) is 26.8 Å². The van der Waals surface area contributed by atoms with Gasteiger partial charge in [-0.25, -0.2) is 4.79 Å². The van der Waals surface area contributed by atoms with Crippen molar-refractivity contribution >= 4 is 17.7 Å². The van der Waals surface area contributed by atoms with E-state index < -0.39 is 0 Å². The van der Waals surface area contributed by atoms with Gasteiger partial charge in [0, 0.05) is 30.0 Å². The molecule has 0 radical (unpaired) electrons. The molecule has 4 rings (SSSR count). The lowest BCUT2D eigenvalue weighted by Gasteiger charge is -2.37. The molecule has 0 spiro atoms. The highest BCUT2D eigenvalue weighted by atomic mass is 32.2. The minimum absolute atomic E-state index is 0.107. The number of carbonyl (C=O) groups is 1. The minimum atomic E-state index is -0.358. The van der Waals surface area contributed by atoms with E-state index in [0.717, 1.165) is 53.4 Å². The Morgan fingerprint density at radius 3 is 2.84 bits per heavy atom. The smallest absolute Gasteiger partial charge is 0.359 e. The summed E-state index contributed by atoms with van der Waals surface area (Å²) >= 11 is 1.68. The average molecular weight is 446 g/mol. The van der Waals surface area contributed by atoms with Crippen molar-refractivity contribution in [2.24, 2.45) is 0 Å². The van der Waals surface area contributed by atoms with Gasteiger partial charge in [-0.05, 0) is 46.6 Å². The Morgan fingerprint density at radius 2 is 2.13 bits per heavy atom. The predicted octanol–water partition coefficient (Wildman–Crippen LogP) is 4.71. The predicted molar refractivity (Wildman–Crippen MR) is 120 cm³/mol. The van der Waals surface area contributed by atoms with Gasteiger partial charge in [0.25, 0.3) is 0 Å². The van der Waals surface area contributed by atoms with Gasteiger partial charge in [0.15, 0.2) is 5.69 Å². The van der Waals surface area contributed by atoms with Gasteiger partial charge in [-0.2, -0.15) is 10.2 Å². The fraction of sp³-hybridized carbons (Fsp3) is 0.565. The van der Waals surface area contributed by atoms with Gasteiger partial charge in [0.05, 0.1) is 35.9 Å². The van der Waals surface area contributed by atoms with Crippen LogP contribution in [0.2, 0.25) is 0 Å². The Balaban J connectivity index is 1.78. The van der Waals surface area contributed by atoms with E-state index in [1.54, 1.807) is 18.9 Å². The van der Waals surface area contributed by atoms with Crippen LogP contribution in [0.4, 0.5) is 0 Å². The van der Waals surface area contributed by atoms with Gasteiger partial charge in [0.1, 0.15) is 5.75 Å². The number of benzene rings is 1. The number of esters is 1. The Bertz CT molecular complexity index is 966. The summed E-state index contributed by atoms with van der Waals surface area (Å²) < 4.78 is 13.0. The summed E-state index contributed by atoms with van der Waals surface area (Å²) in [6.45, 7) is 9.94. The number of hydroxylamine groups is 2. The first-order valence-corrected chi connectivity index (χ1v) is 11.8. The van der Waals surface area contributed by atoms with Crippen LogP contribution in [0.1, 0.15) is 62.6 Å². The standard InChI is InChI=1S/C23H31N3O4S/c1-6-29-22(27)19-17-14-31-21-16(10-7-11-18(21)28-5)20(17)26(24-19)15-9-8-12-25(13-15)30-23(2,3)4/h7,10-11,15H,6,8-9,12-14H2,1-5H3. The monoisotopic (exact) mass is 445 g/mol. The lowest BCUT2D eigenvalue weighted by molar-refractivity contribution is -0.240. The fourth-order valence-electron chi connectivity index (χ4n) is 4.27. The highest BCUT2D eigenvalue weighted by Gasteiger charge is 2.35. The maximum Gasteiger partial charge on any atom is 0.359 e. The summed E-state index contributed by atoms with van der Waals surface area (Å²) in [5, 5.41) is 6.86. The number of hydrogen-bond acceptors (Lipinski definition) is 7. The number of fused-ring (bicyclic) bond motifs is 3. The van der Waals surface area contributed by atoms with E-state index in [2.05, 4.69) is 26.8 Å². The first-order valence-electron chi connectivity index (χ1n) is 10.8. The summed E-state index contributed by atoms with van der Waals surface area (Å²) in [4.78, 5) is 20.0. The molecule has 1 saturated heterocycles. The van der Waals surface area contributed by atoms with E-state index in [-0.39, 0.29) is 17.6 Å². The van der Waals surface area contributed by atoms with Crippen molar-refractivity contribution in [3.63, 3.8) is 0 Å². The molecule has 0 aliphatic carbocycles. The molecule has 1 fully saturated rings. The lowest BCUT2D eigenvalue weighted by atomic mass is 10.0. The summed E-state index contributed by atoms with van der Waals surface area (Å²) in [6.07, 6.45) is 1.98. The van der Waals surface area contributed by atoms with Gasteiger partial charge in [0.2, 0.25) is 0 Å². The van der Waals surface area contributed by atoms with Crippen molar-refractivity contribution in [3.05, 3.63) is 29.5 Å². The second kappa shape index (κ2) is 8.84. The number of piperidine rings is 1. The molecule has 3 heterocycles. The molecule has 1 aromatic carbocycles. The normalized spacial score (nSPS) is 18.9. The Hall–Kier alpha value is -2.03. The molecule has 2 aromatic rings.